The van der Waals surface area contributed by atoms with Crippen molar-refractivity contribution in [2.45, 2.75) is 31.8 Å². The lowest BCUT2D eigenvalue weighted by Gasteiger charge is -2.30. The molecular weight excluding hydrogens is 210 g/mol. The fourth-order valence-corrected chi connectivity index (χ4v) is 2.65. The number of aliphatic hydroxyl groups excluding tert-OH is 1. The van der Waals surface area contributed by atoms with Crippen LogP contribution >= 0.6 is 0 Å². The van der Waals surface area contributed by atoms with Crippen molar-refractivity contribution >= 4 is 0 Å². The van der Waals surface area contributed by atoms with Crippen molar-refractivity contribution in [2.24, 2.45) is 5.92 Å². The van der Waals surface area contributed by atoms with Gasteiger partial charge in [0.1, 0.15) is 0 Å². The molecule has 17 heavy (non-hydrogen) atoms. The average molecular weight is 233 g/mol. The predicted molar refractivity (Wildman–Crippen MR) is 71.0 cm³/mol. The highest BCUT2D eigenvalue weighted by Gasteiger charge is 2.19. The first-order valence-electron chi connectivity index (χ1n) is 6.64. The molecule has 94 valence electrons. The second-order valence-corrected chi connectivity index (χ2v) is 5.33. The Balaban J connectivity index is 1.76. The first-order chi connectivity index (χ1) is 8.24. The Morgan fingerprint density at radius 3 is 2.53 bits per heavy atom. The SMILES string of the molecule is CN1CCC(CC(O)Cc2ccccc2)CC1. The molecule has 2 nitrogen and oxygen atoms in total. The lowest BCUT2D eigenvalue weighted by Crippen LogP contribution is -2.32. The van der Waals surface area contributed by atoms with Crippen LogP contribution < -0.4 is 0 Å². The normalized spacial score (nSPS) is 20.4. The molecule has 1 aromatic rings. The fourth-order valence-electron chi connectivity index (χ4n) is 2.65. The van der Waals surface area contributed by atoms with Crippen LogP contribution in [0.4, 0.5) is 0 Å². The van der Waals surface area contributed by atoms with Gasteiger partial charge in [0, 0.05) is 0 Å². The zero-order chi connectivity index (χ0) is 12.1. The minimum Gasteiger partial charge on any atom is -0.393 e. The number of likely N-dealkylation sites (tertiary alicyclic amines) is 1. The van der Waals surface area contributed by atoms with E-state index in [1.165, 1.54) is 31.5 Å². The van der Waals surface area contributed by atoms with Gasteiger partial charge in [-0.3, -0.25) is 0 Å². The van der Waals surface area contributed by atoms with Gasteiger partial charge in [0.05, 0.1) is 6.10 Å². The molecule has 1 heterocycles. The van der Waals surface area contributed by atoms with Crippen LogP contribution in [0.25, 0.3) is 0 Å². The molecule has 0 bridgehead atoms. The zero-order valence-electron chi connectivity index (χ0n) is 10.7. The summed E-state index contributed by atoms with van der Waals surface area (Å²) in [7, 11) is 2.18. The Kier molecular flexibility index (Phi) is 4.57. The third kappa shape index (κ3) is 4.14. The van der Waals surface area contributed by atoms with Crippen molar-refractivity contribution in [3.8, 4) is 0 Å². The molecule has 1 N–H and O–H groups in total. The number of nitrogens with zero attached hydrogens (tertiary/aromatic N) is 1. The van der Waals surface area contributed by atoms with Crippen LogP contribution in [-0.4, -0.2) is 36.2 Å². The maximum absolute atomic E-state index is 10.1. The summed E-state index contributed by atoms with van der Waals surface area (Å²) in [6.45, 7) is 2.37. The molecule has 1 fully saturated rings. The molecule has 0 radical (unpaired) electrons. The Morgan fingerprint density at radius 1 is 1.24 bits per heavy atom. The molecule has 0 spiro atoms. The largest absolute Gasteiger partial charge is 0.393 e. The number of aliphatic hydroxyl groups is 1. The van der Waals surface area contributed by atoms with Crippen molar-refractivity contribution in [3.63, 3.8) is 0 Å². The fraction of sp³-hybridized carbons (Fsp3) is 0.600. The Labute approximate surface area is 104 Å². The van der Waals surface area contributed by atoms with E-state index in [1.54, 1.807) is 0 Å². The van der Waals surface area contributed by atoms with Gasteiger partial charge < -0.3 is 10.0 Å². The molecule has 1 aliphatic heterocycles. The van der Waals surface area contributed by atoms with Gasteiger partial charge in [-0.15, -0.1) is 0 Å². The molecule has 0 saturated carbocycles. The van der Waals surface area contributed by atoms with E-state index in [2.05, 4.69) is 24.1 Å². The zero-order valence-corrected chi connectivity index (χ0v) is 10.7. The standard InChI is InChI=1S/C15H23NO/c1-16-9-7-14(8-10-16)12-15(17)11-13-5-3-2-4-6-13/h2-6,14-15,17H,7-12H2,1H3. The van der Waals surface area contributed by atoms with Crippen LogP contribution in [-0.2, 0) is 6.42 Å². The number of piperidine rings is 1. The lowest BCUT2D eigenvalue weighted by atomic mass is 9.89. The van der Waals surface area contributed by atoms with Gasteiger partial charge in [0.15, 0.2) is 0 Å². The van der Waals surface area contributed by atoms with E-state index in [4.69, 9.17) is 0 Å². The molecule has 0 aliphatic carbocycles. The maximum atomic E-state index is 10.1. The Hall–Kier alpha value is -0.860. The van der Waals surface area contributed by atoms with Crippen LogP contribution in [0.15, 0.2) is 30.3 Å². The van der Waals surface area contributed by atoms with Crippen LogP contribution in [0.1, 0.15) is 24.8 Å². The number of rotatable bonds is 4. The first kappa shape index (κ1) is 12.6. The number of hydrogen-bond acceptors (Lipinski definition) is 2. The van der Waals surface area contributed by atoms with E-state index >= 15 is 0 Å². The van der Waals surface area contributed by atoms with E-state index in [-0.39, 0.29) is 6.10 Å². The van der Waals surface area contributed by atoms with Gasteiger partial charge in [-0.1, -0.05) is 30.3 Å². The summed E-state index contributed by atoms with van der Waals surface area (Å²) >= 11 is 0. The summed E-state index contributed by atoms with van der Waals surface area (Å²) in [4.78, 5) is 2.38. The van der Waals surface area contributed by atoms with Gasteiger partial charge >= 0.3 is 0 Å². The first-order valence-corrected chi connectivity index (χ1v) is 6.64. The molecule has 1 aromatic carbocycles. The second kappa shape index (κ2) is 6.18. The molecule has 1 aliphatic rings. The molecule has 0 aromatic heterocycles. The van der Waals surface area contributed by atoms with Crippen LogP contribution in [0.5, 0.6) is 0 Å². The lowest BCUT2D eigenvalue weighted by molar-refractivity contribution is 0.115. The van der Waals surface area contributed by atoms with Gasteiger partial charge in [-0.25, -0.2) is 0 Å². The quantitative estimate of drug-likeness (QED) is 0.862. The van der Waals surface area contributed by atoms with Crippen molar-refractivity contribution in [1.82, 2.24) is 4.90 Å². The minimum absolute atomic E-state index is 0.175. The van der Waals surface area contributed by atoms with E-state index in [0.29, 0.717) is 5.92 Å². The third-order valence-corrected chi connectivity index (χ3v) is 3.76. The van der Waals surface area contributed by atoms with Crippen molar-refractivity contribution in [3.05, 3.63) is 35.9 Å². The van der Waals surface area contributed by atoms with Gasteiger partial charge in [-0.05, 0) is 57.3 Å². The summed E-state index contributed by atoms with van der Waals surface area (Å²) in [5.41, 5.74) is 1.24. The Morgan fingerprint density at radius 2 is 1.88 bits per heavy atom. The van der Waals surface area contributed by atoms with E-state index in [9.17, 15) is 5.11 Å². The van der Waals surface area contributed by atoms with Gasteiger partial charge in [0.25, 0.3) is 0 Å². The molecule has 0 amide bonds. The molecule has 1 unspecified atom stereocenters. The number of hydrogen-bond donors (Lipinski definition) is 1. The molecule has 1 saturated heterocycles. The molecule has 1 atom stereocenters. The summed E-state index contributed by atoms with van der Waals surface area (Å²) < 4.78 is 0. The van der Waals surface area contributed by atoms with E-state index in [0.717, 1.165) is 12.8 Å². The topological polar surface area (TPSA) is 23.5 Å². The summed E-state index contributed by atoms with van der Waals surface area (Å²) in [6.07, 6.45) is 4.06. The minimum atomic E-state index is -0.175. The number of benzene rings is 1. The second-order valence-electron chi connectivity index (χ2n) is 5.33. The third-order valence-electron chi connectivity index (χ3n) is 3.76. The van der Waals surface area contributed by atoms with Crippen molar-refractivity contribution in [1.29, 1.82) is 0 Å². The predicted octanol–water partition coefficient (Wildman–Crippen LogP) is 2.32. The highest BCUT2D eigenvalue weighted by atomic mass is 16.3. The van der Waals surface area contributed by atoms with Crippen LogP contribution in [0.3, 0.4) is 0 Å². The molecule has 2 rings (SSSR count). The highest BCUT2D eigenvalue weighted by Crippen LogP contribution is 2.22. The van der Waals surface area contributed by atoms with E-state index in [1.807, 2.05) is 18.2 Å². The monoisotopic (exact) mass is 233 g/mol. The van der Waals surface area contributed by atoms with Crippen molar-refractivity contribution < 1.29 is 5.11 Å². The summed E-state index contributed by atoms with van der Waals surface area (Å²) in [5.74, 6) is 0.713. The van der Waals surface area contributed by atoms with Crippen molar-refractivity contribution in [2.75, 3.05) is 20.1 Å². The Bertz CT molecular complexity index is 317. The van der Waals surface area contributed by atoms with Gasteiger partial charge in [0.2, 0.25) is 0 Å². The van der Waals surface area contributed by atoms with Gasteiger partial charge in [-0.2, -0.15) is 0 Å². The average Bonchev–Trinajstić information content (AvgIpc) is 2.33. The van der Waals surface area contributed by atoms with E-state index < -0.39 is 0 Å². The summed E-state index contributed by atoms with van der Waals surface area (Å²) in [5, 5.41) is 10.1. The van der Waals surface area contributed by atoms with Crippen LogP contribution in [0, 0.1) is 5.92 Å². The molecule has 2 heteroatoms. The highest BCUT2D eigenvalue weighted by molar-refractivity contribution is 5.15. The molecular formula is C15H23NO. The van der Waals surface area contributed by atoms with Crippen LogP contribution in [0.2, 0.25) is 0 Å². The maximum Gasteiger partial charge on any atom is 0.0583 e. The smallest absolute Gasteiger partial charge is 0.0583 e. The summed E-state index contributed by atoms with van der Waals surface area (Å²) in [6, 6.07) is 10.3.